The molecule has 2 atom stereocenters. The average Bonchev–Trinajstić information content (AvgIpc) is 2.90. The van der Waals surface area contributed by atoms with Crippen molar-refractivity contribution in [3.05, 3.63) is 23.3 Å². The zero-order valence-corrected chi connectivity index (χ0v) is 12.0. The molecule has 3 N–H and O–H groups in total. The summed E-state index contributed by atoms with van der Waals surface area (Å²) in [5.74, 6) is 2.31. The van der Waals surface area contributed by atoms with Crippen LogP contribution in [-0.2, 0) is 0 Å². The van der Waals surface area contributed by atoms with Crippen LogP contribution in [0.4, 0.5) is 0 Å². The van der Waals surface area contributed by atoms with Crippen LogP contribution in [0.15, 0.2) is 12.1 Å². The Kier molecular flexibility index (Phi) is 4.66. The van der Waals surface area contributed by atoms with Crippen molar-refractivity contribution < 1.29 is 9.47 Å². The number of aryl methyl sites for hydroxylation is 1. The van der Waals surface area contributed by atoms with Gasteiger partial charge in [0.1, 0.15) is 11.5 Å². The third-order valence-corrected chi connectivity index (χ3v) is 3.90. The second-order valence-corrected chi connectivity index (χ2v) is 5.26. The van der Waals surface area contributed by atoms with Gasteiger partial charge in [0.15, 0.2) is 0 Å². The molecule has 0 aromatic heterocycles. The van der Waals surface area contributed by atoms with E-state index >= 15 is 0 Å². The van der Waals surface area contributed by atoms with Gasteiger partial charge in [0.25, 0.3) is 0 Å². The molecule has 2 unspecified atom stereocenters. The maximum Gasteiger partial charge on any atom is 0.127 e. The summed E-state index contributed by atoms with van der Waals surface area (Å²) >= 11 is 0. The van der Waals surface area contributed by atoms with Gasteiger partial charge in [0.2, 0.25) is 0 Å². The normalized spacial score (nSPS) is 20.3. The van der Waals surface area contributed by atoms with Crippen LogP contribution in [0.3, 0.4) is 0 Å². The highest BCUT2D eigenvalue weighted by molar-refractivity contribution is 5.47. The Morgan fingerprint density at radius 1 is 1.37 bits per heavy atom. The smallest absolute Gasteiger partial charge is 0.127 e. The van der Waals surface area contributed by atoms with Crippen LogP contribution in [0.5, 0.6) is 11.5 Å². The first-order valence-electron chi connectivity index (χ1n) is 6.84. The Hall–Kier alpha value is -1.26. The first-order chi connectivity index (χ1) is 9.15. The second-order valence-electron chi connectivity index (χ2n) is 5.26. The molecule has 1 heterocycles. The van der Waals surface area contributed by atoms with Crippen LogP contribution in [0.25, 0.3) is 0 Å². The molecule has 0 amide bonds. The Balaban J connectivity index is 2.21. The molecule has 1 aliphatic heterocycles. The molecule has 19 heavy (non-hydrogen) atoms. The minimum Gasteiger partial charge on any atom is -0.497 e. The first kappa shape index (κ1) is 14.2. The molecule has 0 radical (unpaired) electrons. The summed E-state index contributed by atoms with van der Waals surface area (Å²) in [7, 11) is 3.35. The SMILES string of the molecule is COc1cc(C)c(C(N)CC2CCNC2)c(OC)c1. The summed E-state index contributed by atoms with van der Waals surface area (Å²) < 4.78 is 10.8. The third-order valence-electron chi connectivity index (χ3n) is 3.90. The predicted molar refractivity (Wildman–Crippen MR) is 76.8 cm³/mol. The highest BCUT2D eigenvalue weighted by Gasteiger charge is 2.22. The minimum atomic E-state index is 0.0192. The van der Waals surface area contributed by atoms with Gasteiger partial charge in [0, 0.05) is 17.7 Å². The van der Waals surface area contributed by atoms with Crippen molar-refractivity contribution in [2.24, 2.45) is 11.7 Å². The van der Waals surface area contributed by atoms with Crippen LogP contribution >= 0.6 is 0 Å². The van der Waals surface area contributed by atoms with E-state index in [0.29, 0.717) is 5.92 Å². The summed E-state index contributed by atoms with van der Waals surface area (Å²) in [4.78, 5) is 0. The zero-order valence-electron chi connectivity index (χ0n) is 12.0. The summed E-state index contributed by atoms with van der Waals surface area (Å²) in [6, 6.07) is 3.95. The van der Waals surface area contributed by atoms with Crippen molar-refractivity contribution in [3.63, 3.8) is 0 Å². The lowest BCUT2D eigenvalue weighted by atomic mass is 9.91. The predicted octanol–water partition coefficient (Wildman–Crippen LogP) is 2.01. The maximum atomic E-state index is 6.39. The average molecular weight is 264 g/mol. The Bertz CT molecular complexity index is 428. The van der Waals surface area contributed by atoms with Crippen molar-refractivity contribution in [1.82, 2.24) is 5.32 Å². The summed E-state index contributed by atoms with van der Waals surface area (Å²) in [5.41, 5.74) is 8.64. The molecule has 1 aliphatic rings. The van der Waals surface area contributed by atoms with Crippen LogP contribution in [0.2, 0.25) is 0 Å². The molecular weight excluding hydrogens is 240 g/mol. The van der Waals surface area contributed by atoms with E-state index in [1.165, 1.54) is 6.42 Å². The highest BCUT2D eigenvalue weighted by Crippen LogP contribution is 2.35. The van der Waals surface area contributed by atoms with E-state index in [-0.39, 0.29) is 6.04 Å². The summed E-state index contributed by atoms with van der Waals surface area (Å²) in [5, 5.41) is 3.38. The standard InChI is InChI=1S/C15H24N2O2/c1-10-6-12(18-2)8-14(19-3)15(10)13(16)7-11-4-5-17-9-11/h6,8,11,13,17H,4-5,7,9,16H2,1-3H3. The first-order valence-corrected chi connectivity index (χ1v) is 6.84. The van der Waals surface area contributed by atoms with Gasteiger partial charge < -0.3 is 20.5 Å². The highest BCUT2D eigenvalue weighted by atomic mass is 16.5. The number of nitrogens with two attached hydrogens (primary N) is 1. The van der Waals surface area contributed by atoms with Crippen LogP contribution < -0.4 is 20.5 Å². The van der Waals surface area contributed by atoms with Gasteiger partial charge in [-0.1, -0.05) is 0 Å². The Labute approximate surface area is 115 Å². The molecule has 1 aromatic carbocycles. The van der Waals surface area contributed by atoms with Gasteiger partial charge in [-0.25, -0.2) is 0 Å². The van der Waals surface area contributed by atoms with Gasteiger partial charge >= 0.3 is 0 Å². The minimum absolute atomic E-state index is 0.0192. The molecular formula is C15H24N2O2. The number of nitrogens with one attached hydrogen (secondary N) is 1. The van der Waals surface area contributed by atoms with Crippen LogP contribution in [0.1, 0.15) is 30.0 Å². The van der Waals surface area contributed by atoms with E-state index in [0.717, 1.165) is 42.1 Å². The van der Waals surface area contributed by atoms with Gasteiger partial charge in [0.05, 0.1) is 14.2 Å². The quantitative estimate of drug-likeness (QED) is 0.854. The monoisotopic (exact) mass is 264 g/mol. The van der Waals surface area contributed by atoms with E-state index in [4.69, 9.17) is 15.2 Å². The lowest BCUT2D eigenvalue weighted by Gasteiger charge is -2.21. The number of hydrogen-bond donors (Lipinski definition) is 2. The van der Waals surface area contributed by atoms with E-state index < -0.39 is 0 Å². The summed E-state index contributed by atoms with van der Waals surface area (Å²) in [6.07, 6.45) is 2.21. The van der Waals surface area contributed by atoms with Crippen molar-refractivity contribution in [3.8, 4) is 11.5 Å². The van der Waals surface area contributed by atoms with Gasteiger partial charge in [-0.2, -0.15) is 0 Å². The number of benzene rings is 1. The van der Waals surface area contributed by atoms with Crippen molar-refractivity contribution in [2.45, 2.75) is 25.8 Å². The fourth-order valence-electron chi connectivity index (χ4n) is 2.89. The molecule has 0 spiro atoms. The number of hydrogen-bond acceptors (Lipinski definition) is 4. The molecule has 1 saturated heterocycles. The molecule has 4 nitrogen and oxygen atoms in total. The third kappa shape index (κ3) is 3.19. The molecule has 106 valence electrons. The molecule has 4 heteroatoms. The van der Waals surface area contributed by atoms with E-state index in [1.54, 1.807) is 14.2 Å². The molecule has 1 fully saturated rings. The fraction of sp³-hybridized carbons (Fsp3) is 0.600. The molecule has 1 aromatic rings. The Morgan fingerprint density at radius 2 is 2.16 bits per heavy atom. The lowest BCUT2D eigenvalue weighted by molar-refractivity contribution is 0.382. The molecule has 2 rings (SSSR count). The molecule has 0 saturated carbocycles. The van der Waals surface area contributed by atoms with Crippen molar-refractivity contribution in [2.75, 3.05) is 27.3 Å². The van der Waals surface area contributed by atoms with E-state index in [9.17, 15) is 0 Å². The Morgan fingerprint density at radius 3 is 2.74 bits per heavy atom. The number of rotatable bonds is 5. The second kappa shape index (κ2) is 6.26. The number of ether oxygens (including phenoxy) is 2. The maximum absolute atomic E-state index is 6.39. The van der Waals surface area contributed by atoms with E-state index in [2.05, 4.69) is 12.2 Å². The molecule has 0 aliphatic carbocycles. The van der Waals surface area contributed by atoms with Crippen LogP contribution in [-0.4, -0.2) is 27.3 Å². The van der Waals surface area contributed by atoms with Crippen molar-refractivity contribution in [1.29, 1.82) is 0 Å². The fourth-order valence-corrected chi connectivity index (χ4v) is 2.89. The number of methoxy groups -OCH3 is 2. The van der Waals surface area contributed by atoms with E-state index in [1.807, 2.05) is 12.1 Å². The zero-order chi connectivity index (χ0) is 13.8. The van der Waals surface area contributed by atoms with Gasteiger partial charge in [-0.15, -0.1) is 0 Å². The lowest BCUT2D eigenvalue weighted by Crippen LogP contribution is -2.19. The largest absolute Gasteiger partial charge is 0.497 e. The van der Waals surface area contributed by atoms with Gasteiger partial charge in [-0.05, 0) is 50.4 Å². The summed E-state index contributed by atoms with van der Waals surface area (Å²) in [6.45, 7) is 4.24. The molecule has 0 bridgehead atoms. The van der Waals surface area contributed by atoms with Crippen molar-refractivity contribution >= 4 is 0 Å². The topological polar surface area (TPSA) is 56.5 Å². The van der Waals surface area contributed by atoms with Gasteiger partial charge in [-0.3, -0.25) is 0 Å². The van der Waals surface area contributed by atoms with Crippen LogP contribution in [0, 0.1) is 12.8 Å².